The van der Waals surface area contributed by atoms with Crippen LogP contribution >= 0.6 is 11.3 Å². The average molecular weight is 457 g/mol. The van der Waals surface area contributed by atoms with Crippen LogP contribution in [0.1, 0.15) is 68.0 Å². The molecule has 1 aromatic heterocycles. The summed E-state index contributed by atoms with van der Waals surface area (Å²) in [5.74, 6) is 0.101. The predicted molar refractivity (Wildman–Crippen MR) is 130 cm³/mol. The van der Waals surface area contributed by atoms with Gasteiger partial charge in [-0.05, 0) is 48.8 Å². The van der Waals surface area contributed by atoms with Gasteiger partial charge in [0, 0.05) is 37.6 Å². The van der Waals surface area contributed by atoms with Crippen LogP contribution in [0.2, 0.25) is 0 Å². The van der Waals surface area contributed by atoms with Gasteiger partial charge in [0.1, 0.15) is 0 Å². The number of hydrogen-bond acceptors (Lipinski definition) is 4. The van der Waals surface area contributed by atoms with Gasteiger partial charge >= 0.3 is 0 Å². The molecule has 0 saturated heterocycles. The van der Waals surface area contributed by atoms with Crippen LogP contribution in [0.15, 0.2) is 41.8 Å². The number of carbonyl (C=O) groups is 2. The van der Waals surface area contributed by atoms with E-state index in [-0.39, 0.29) is 24.4 Å². The molecule has 0 bridgehead atoms. The molecule has 3 rings (SSSR count). The Morgan fingerprint density at radius 3 is 2.69 bits per heavy atom. The standard InChI is InChI=1S/C26H36N2O3S/c1-3-5-7-13-24(29)27(16-10-18-31-4-2)20-25(30)28-17-14-23-22(15-19-32-23)26(28)21-11-8-6-9-12-21/h6,8-9,11-12,15,19,26H,3-5,7,10,13-14,16-18,20H2,1-2H3. The maximum absolute atomic E-state index is 13.6. The van der Waals surface area contributed by atoms with Crippen molar-refractivity contribution in [2.24, 2.45) is 0 Å². The van der Waals surface area contributed by atoms with E-state index in [0.29, 0.717) is 32.7 Å². The third-order valence-corrected chi connectivity index (χ3v) is 6.99. The number of hydrogen-bond donors (Lipinski definition) is 0. The molecule has 32 heavy (non-hydrogen) atoms. The molecule has 1 unspecified atom stereocenters. The molecule has 2 amide bonds. The van der Waals surface area contributed by atoms with Crippen LogP contribution in [-0.2, 0) is 20.7 Å². The number of carbonyl (C=O) groups excluding carboxylic acids is 2. The van der Waals surface area contributed by atoms with Crippen molar-refractivity contribution >= 4 is 23.2 Å². The molecule has 0 fully saturated rings. The first-order valence-electron chi connectivity index (χ1n) is 11.9. The summed E-state index contributed by atoms with van der Waals surface area (Å²) in [6.07, 6.45) is 5.11. The van der Waals surface area contributed by atoms with Gasteiger partial charge < -0.3 is 14.5 Å². The van der Waals surface area contributed by atoms with Gasteiger partial charge in [-0.25, -0.2) is 0 Å². The average Bonchev–Trinajstić information content (AvgIpc) is 3.30. The van der Waals surface area contributed by atoms with Gasteiger partial charge in [-0.3, -0.25) is 9.59 Å². The normalized spacial score (nSPS) is 15.4. The largest absolute Gasteiger partial charge is 0.382 e. The maximum atomic E-state index is 13.6. The SMILES string of the molecule is CCCCCC(=O)N(CCCOCC)CC(=O)N1CCc2sccc2C1c1ccccc1. The van der Waals surface area contributed by atoms with Gasteiger partial charge in [0.2, 0.25) is 11.8 Å². The van der Waals surface area contributed by atoms with E-state index in [1.807, 2.05) is 30.0 Å². The van der Waals surface area contributed by atoms with Crippen molar-refractivity contribution < 1.29 is 14.3 Å². The Hall–Kier alpha value is -2.18. The predicted octanol–water partition coefficient (Wildman–Crippen LogP) is 5.06. The fraction of sp³-hybridized carbons (Fsp3) is 0.538. The number of nitrogens with zero attached hydrogens (tertiary/aromatic N) is 2. The summed E-state index contributed by atoms with van der Waals surface area (Å²) in [6, 6.07) is 12.3. The number of fused-ring (bicyclic) bond motifs is 1. The van der Waals surface area contributed by atoms with Crippen LogP contribution in [0.3, 0.4) is 0 Å². The van der Waals surface area contributed by atoms with Crippen molar-refractivity contribution in [3.05, 3.63) is 57.8 Å². The van der Waals surface area contributed by atoms with E-state index in [1.54, 1.807) is 16.2 Å². The van der Waals surface area contributed by atoms with Gasteiger partial charge in [-0.1, -0.05) is 50.1 Å². The second-order valence-electron chi connectivity index (χ2n) is 8.27. The molecule has 1 aliphatic heterocycles. The third kappa shape index (κ3) is 6.42. The van der Waals surface area contributed by atoms with E-state index < -0.39 is 0 Å². The van der Waals surface area contributed by atoms with Gasteiger partial charge in [0.05, 0.1) is 12.6 Å². The van der Waals surface area contributed by atoms with Crippen LogP contribution in [0.25, 0.3) is 0 Å². The monoisotopic (exact) mass is 456 g/mol. The fourth-order valence-corrected chi connectivity index (χ4v) is 5.22. The lowest BCUT2D eigenvalue weighted by Gasteiger charge is -2.37. The Labute approximate surface area is 196 Å². The Bertz CT molecular complexity index is 852. The number of ether oxygens (including phenoxy) is 1. The van der Waals surface area contributed by atoms with Crippen LogP contribution < -0.4 is 0 Å². The minimum atomic E-state index is -0.0841. The van der Waals surface area contributed by atoms with Crippen LogP contribution in [0.5, 0.6) is 0 Å². The number of rotatable bonds is 12. The Morgan fingerprint density at radius 2 is 1.94 bits per heavy atom. The molecule has 174 valence electrons. The van der Waals surface area contributed by atoms with E-state index in [9.17, 15) is 9.59 Å². The number of benzene rings is 1. The molecule has 6 heteroatoms. The van der Waals surface area contributed by atoms with Gasteiger partial charge in [0.25, 0.3) is 0 Å². The molecule has 2 aromatic rings. The number of thiophene rings is 1. The smallest absolute Gasteiger partial charge is 0.242 e. The number of amides is 2. The zero-order valence-electron chi connectivity index (χ0n) is 19.4. The molecular formula is C26H36N2O3S. The highest BCUT2D eigenvalue weighted by molar-refractivity contribution is 7.10. The zero-order valence-corrected chi connectivity index (χ0v) is 20.2. The first kappa shape index (κ1) is 24.5. The van der Waals surface area contributed by atoms with Crippen molar-refractivity contribution in [1.82, 2.24) is 9.80 Å². The molecule has 1 aliphatic rings. The Kier molecular flexibility index (Phi) is 9.75. The molecule has 0 saturated carbocycles. The molecule has 0 aliphatic carbocycles. The first-order valence-corrected chi connectivity index (χ1v) is 12.8. The summed E-state index contributed by atoms with van der Waals surface area (Å²) < 4.78 is 5.46. The highest BCUT2D eigenvalue weighted by Crippen LogP contribution is 2.37. The Balaban J connectivity index is 1.75. The highest BCUT2D eigenvalue weighted by atomic mass is 32.1. The summed E-state index contributed by atoms with van der Waals surface area (Å²) in [5.41, 5.74) is 2.34. The van der Waals surface area contributed by atoms with Crippen LogP contribution in [0, 0.1) is 0 Å². The van der Waals surface area contributed by atoms with Crippen molar-refractivity contribution in [1.29, 1.82) is 0 Å². The molecule has 2 heterocycles. The molecule has 5 nitrogen and oxygen atoms in total. The van der Waals surface area contributed by atoms with Crippen molar-refractivity contribution in [3.63, 3.8) is 0 Å². The Morgan fingerprint density at radius 1 is 1.12 bits per heavy atom. The fourth-order valence-electron chi connectivity index (χ4n) is 4.31. The molecule has 0 spiro atoms. The van der Waals surface area contributed by atoms with E-state index in [1.165, 1.54) is 10.4 Å². The molecule has 1 atom stereocenters. The summed E-state index contributed by atoms with van der Waals surface area (Å²) in [6.45, 7) is 6.76. The van der Waals surface area contributed by atoms with Crippen molar-refractivity contribution in [2.75, 3.05) is 32.8 Å². The lowest BCUT2D eigenvalue weighted by Crippen LogP contribution is -2.47. The third-order valence-electron chi connectivity index (χ3n) is 6.00. The summed E-state index contributed by atoms with van der Waals surface area (Å²) in [5, 5.41) is 2.12. The topological polar surface area (TPSA) is 49.9 Å². The van der Waals surface area contributed by atoms with E-state index in [4.69, 9.17) is 4.74 Å². The van der Waals surface area contributed by atoms with Gasteiger partial charge in [0.15, 0.2) is 0 Å². The van der Waals surface area contributed by atoms with Crippen LogP contribution in [0.4, 0.5) is 0 Å². The first-order chi connectivity index (χ1) is 15.7. The molecule has 0 radical (unpaired) electrons. The second-order valence-corrected chi connectivity index (χ2v) is 9.27. The van der Waals surface area contributed by atoms with E-state index in [0.717, 1.165) is 37.7 Å². The van der Waals surface area contributed by atoms with Gasteiger partial charge in [-0.15, -0.1) is 11.3 Å². The lowest BCUT2D eigenvalue weighted by molar-refractivity contribution is -0.142. The zero-order chi connectivity index (χ0) is 22.8. The van der Waals surface area contributed by atoms with E-state index in [2.05, 4.69) is 30.5 Å². The quantitative estimate of drug-likeness (QED) is 0.420. The maximum Gasteiger partial charge on any atom is 0.242 e. The molecular weight excluding hydrogens is 420 g/mol. The number of unbranched alkanes of at least 4 members (excludes halogenated alkanes) is 2. The minimum Gasteiger partial charge on any atom is -0.382 e. The van der Waals surface area contributed by atoms with Gasteiger partial charge in [-0.2, -0.15) is 0 Å². The lowest BCUT2D eigenvalue weighted by atomic mass is 9.93. The van der Waals surface area contributed by atoms with Crippen molar-refractivity contribution in [3.8, 4) is 0 Å². The second kappa shape index (κ2) is 12.8. The highest BCUT2D eigenvalue weighted by Gasteiger charge is 2.33. The summed E-state index contributed by atoms with van der Waals surface area (Å²) >= 11 is 1.77. The van der Waals surface area contributed by atoms with Crippen LogP contribution in [-0.4, -0.2) is 54.5 Å². The molecule has 1 aromatic carbocycles. The molecule has 0 N–H and O–H groups in total. The summed E-state index contributed by atoms with van der Waals surface area (Å²) in [7, 11) is 0. The summed E-state index contributed by atoms with van der Waals surface area (Å²) in [4.78, 5) is 31.6. The van der Waals surface area contributed by atoms with E-state index >= 15 is 0 Å². The minimum absolute atomic E-state index is 0.0240. The van der Waals surface area contributed by atoms with Crippen molar-refractivity contribution in [2.45, 2.75) is 58.4 Å².